The van der Waals surface area contributed by atoms with Gasteiger partial charge in [0, 0.05) is 20.2 Å². The van der Waals surface area contributed by atoms with Gasteiger partial charge in [-0.05, 0) is 48.9 Å². The Labute approximate surface area is 157 Å². The molecular formula is C20H23FN2O4. The molecule has 7 heteroatoms. The Balaban J connectivity index is 1.75. The van der Waals surface area contributed by atoms with E-state index in [0.717, 1.165) is 12.0 Å². The van der Waals surface area contributed by atoms with Crippen molar-refractivity contribution in [3.05, 3.63) is 59.4 Å². The van der Waals surface area contributed by atoms with E-state index in [1.54, 1.807) is 12.1 Å². The number of aliphatic hydroxyl groups is 1. The summed E-state index contributed by atoms with van der Waals surface area (Å²) >= 11 is 0. The van der Waals surface area contributed by atoms with Crippen LogP contribution in [-0.4, -0.2) is 54.9 Å². The van der Waals surface area contributed by atoms with E-state index in [0.29, 0.717) is 18.0 Å². The lowest BCUT2D eigenvalue weighted by atomic mass is 10.1. The van der Waals surface area contributed by atoms with Crippen LogP contribution in [0.15, 0.2) is 42.5 Å². The van der Waals surface area contributed by atoms with Crippen molar-refractivity contribution < 1.29 is 23.8 Å². The first-order chi connectivity index (χ1) is 13.0. The summed E-state index contributed by atoms with van der Waals surface area (Å²) in [5.74, 6) is -0.206. The minimum absolute atomic E-state index is 0.101. The number of rotatable bonds is 6. The van der Waals surface area contributed by atoms with Crippen LogP contribution >= 0.6 is 0 Å². The maximum absolute atomic E-state index is 14.2. The van der Waals surface area contributed by atoms with E-state index in [-0.39, 0.29) is 18.7 Å². The molecule has 0 aliphatic carbocycles. The van der Waals surface area contributed by atoms with E-state index in [2.05, 4.69) is 0 Å². The van der Waals surface area contributed by atoms with E-state index in [9.17, 15) is 14.3 Å². The molecule has 27 heavy (non-hydrogen) atoms. The van der Waals surface area contributed by atoms with Crippen LogP contribution in [0.25, 0.3) is 0 Å². The van der Waals surface area contributed by atoms with Crippen molar-refractivity contribution >= 4 is 5.91 Å². The number of nitrogens with two attached hydrogens (primary N) is 1. The number of amides is 1. The Kier molecular flexibility index (Phi) is 6.05. The molecule has 1 amide bonds. The molecule has 0 bridgehead atoms. The largest absolute Gasteiger partial charge is 0.457 e. The first kappa shape index (κ1) is 19.3. The topological polar surface area (TPSA) is 85.0 Å². The number of halogens is 1. The summed E-state index contributed by atoms with van der Waals surface area (Å²) in [7, 11) is 1.47. The van der Waals surface area contributed by atoms with Crippen LogP contribution in [-0.2, 0) is 11.2 Å². The van der Waals surface area contributed by atoms with Crippen LogP contribution in [0.1, 0.15) is 15.9 Å². The zero-order valence-electron chi connectivity index (χ0n) is 15.1. The Bertz CT molecular complexity index is 797. The molecule has 3 N–H and O–H groups in total. The number of carbonyl (C=O) groups excluding carboxylic acids is 1. The number of ether oxygens (including phenoxy) is 2. The number of benzene rings is 2. The van der Waals surface area contributed by atoms with Gasteiger partial charge < -0.3 is 25.2 Å². The summed E-state index contributed by atoms with van der Waals surface area (Å²) in [6, 6.07) is 11.5. The van der Waals surface area contributed by atoms with E-state index >= 15 is 0 Å². The van der Waals surface area contributed by atoms with Gasteiger partial charge in [0.05, 0.1) is 11.7 Å². The molecule has 1 fully saturated rings. The molecule has 2 aromatic rings. The second kappa shape index (κ2) is 8.47. The summed E-state index contributed by atoms with van der Waals surface area (Å²) in [6.45, 7) is 0.882. The molecule has 3 rings (SSSR count). The number of methoxy groups -OCH3 is 1. The maximum atomic E-state index is 14.2. The number of β-amino-alcohol motifs (C(OH)–C–C–N with tert-alkyl or cyclic N) is 1. The van der Waals surface area contributed by atoms with Crippen LogP contribution < -0.4 is 10.5 Å². The number of hydrogen-bond acceptors (Lipinski definition) is 5. The predicted octanol–water partition coefficient (Wildman–Crippen LogP) is 1.95. The Morgan fingerprint density at radius 3 is 2.56 bits per heavy atom. The fourth-order valence-corrected chi connectivity index (χ4v) is 3.08. The SMILES string of the molecule is CO[C@H]1CN(C(=O)c2cc(Oc3ccc(CCN)cc3)ccc2F)C[C@@H]1O. The summed E-state index contributed by atoms with van der Waals surface area (Å²) in [5, 5.41) is 9.89. The third-order valence-corrected chi connectivity index (χ3v) is 4.59. The highest BCUT2D eigenvalue weighted by Gasteiger charge is 2.35. The second-order valence-corrected chi connectivity index (χ2v) is 6.48. The standard InChI is InChI=1S/C20H23FN2O4/c1-26-19-12-23(11-18(19)24)20(25)16-10-15(6-7-17(16)21)27-14-4-2-13(3-5-14)8-9-22/h2-7,10,18-19,24H,8-9,11-12,22H2,1H3/t18-,19-/m0/s1. The molecule has 1 saturated heterocycles. The normalized spacial score (nSPS) is 19.3. The van der Waals surface area contributed by atoms with Gasteiger partial charge in [-0.2, -0.15) is 0 Å². The summed E-state index contributed by atoms with van der Waals surface area (Å²) in [6.07, 6.45) is -0.475. The fourth-order valence-electron chi connectivity index (χ4n) is 3.08. The quantitative estimate of drug-likeness (QED) is 0.807. The van der Waals surface area contributed by atoms with E-state index in [1.807, 2.05) is 12.1 Å². The first-order valence-electron chi connectivity index (χ1n) is 8.78. The third kappa shape index (κ3) is 4.44. The average molecular weight is 374 g/mol. The molecule has 0 radical (unpaired) electrons. The summed E-state index contributed by atoms with van der Waals surface area (Å²) in [4.78, 5) is 14.0. The van der Waals surface area contributed by atoms with E-state index in [4.69, 9.17) is 15.2 Å². The van der Waals surface area contributed by atoms with Crippen LogP contribution in [0.3, 0.4) is 0 Å². The van der Waals surface area contributed by atoms with Crippen molar-refractivity contribution in [3.63, 3.8) is 0 Å². The zero-order valence-corrected chi connectivity index (χ0v) is 15.1. The summed E-state index contributed by atoms with van der Waals surface area (Å²) in [5.41, 5.74) is 6.53. The Hall–Kier alpha value is -2.48. The number of aliphatic hydroxyl groups excluding tert-OH is 1. The lowest BCUT2D eigenvalue weighted by Crippen LogP contribution is -2.30. The maximum Gasteiger partial charge on any atom is 0.257 e. The highest BCUT2D eigenvalue weighted by Crippen LogP contribution is 2.26. The molecule has 1 aliphatic heterocycles. The molecule has 6 nitrogen and oxygen atoms in total. The van der Waals surface area contributed by atoms with Gasteiger partial charge in [-0.1, -0.05) is 12.1 Å². The van der Waals surface area contributed by atoms with Crippen molar-refractivity contribution in [2.45, 2.75) is 18.6 Å². The highest BCUT2D eigenvalue weighted by molar-refractivity contribution is 5.95. The van der Waals surface area contributed by atoms with E-state index < -0.39 is 23.9 Å². The molecule has 0 unspecified atom stereocenters. The lowest BCUT2D eigenvalue weighted by molar-refractivity contribution is 0.0215. The number of carbonyl (C=O) groups is 1. The molecule has 2 atom stereocenters. The average Bonchev–Trinajstić information content (AvgIpc) is 3.05. The van der Waals surface area contributed by atoms with Crippen molar-refractivity contribution in [3.8, 4) is 11.5 Å². The number of nitrogens with zero attached hydrogens (tertiary/aromatic N) is 1. The highest BCUT2D eigenvalue weighted by atomic mass is 19.1. The molecule has 0 saturated carbocycles. The number of likely N-dealkylation sites (tertiary alicyclic amines) is 1. The number of hydrogen-bond donors (Lipinski definition) is 2. The summed E-state index contributed by atoms with van der Waals surface area (Å²) < 4.78 is 25.1. The predicted molar refractivity (Wildman–Crippen MR) is 98.4 cm³/mol. The van der Waals surface area contributed by atoms with Crippen LogP contribution in [0, 0.1) is 5.82 Å². The van der Waals surface area contributed by atoms with Gasteiger partial charge in [0.15, 0.2) is 0 Å². The Morgan fingerprint density at radius 2 is 1.93 bits per heavy atom. The van der Waals surface area contributed by atoms with Crippen molar-refractivity contribution in [1.29, 1.82) is 0 Å². The van der Waals surface area contributed by atoms with Crippen molar-refractivity contribution in [2.75, 3.05) is 26.7 Å². The second-order valence-electron chi connectivity index (χ2n) is 6.48. The zero-order chi connectivity index (χ0) is 19.4. The first-order valence-corrected chi connectivity index (χ1v) is 8.78. The van der Waals surface area contributed by atoms with Gasteiger partial charge in [-0.3, -0.25) is 4.79 Å². The van der Waals surface area contributed by atoms with Gasteiger partial charge >= 0.3 is 0 Å². The van der Waals surface area contributed by atoms with E-state index in [1.165, 1.54) is 30.2 Å². The lowest BCUT2D eigenvalue weighted by Gasteiger charge is -2.17. The molecular weight excluding hydrogens is 351 g/mol. The third-order valence-electron chi connectivity index (χ3n) is 4.59. The van der Waals surface area contributed by atoms with Crippen LogP contribution in [0.2, 0.25) is 0 Å². The minimum Gasteiger partial charge on any atom is -0.457 e. The Morgan fingerprint density at radius 1 is 1.22 bits per heavy atom. The van der Waals surface area contributed by atoms with Crippen LogP contribution in [0.4, 0.5) is 4.39 Å². The smallest absolute Gasteiger partial charge is 0.257 e. The molecule has 2 aromatic carbocycles. The van der Waals surface area contributed by atoms with Gasteiger partial charge in [-0.15, -0.1) is 0 Å². The molecule has 1 heterocycles. The minimum atomic E-state index is -0.784. The van der Waals surface area contributed by atoms with Crippen LogP contribution in [0.5, 0.6) is 11.5 Å². The molecule has 144 valence electrons. The van der Waals surface area contributed by atoms with Gasteiger partial charge in [0.1, 0.15) is 23.4 Å². The van der Waals surface area contributed by atoms with Gasteiger partial charge in [0.2, 0.25) is 0 Å². The van der Waals surface area contributed by atoms with Gasteiger partial charge in [-0.25, -0.2) is 4.39 Å². The monoisotopic (exact) mass is 374 g/mol. The van der Waals surface area contributed by atoms with Gasteiger partial charge in [0.25, 0.3) is 5.91 Å². The van der Waals surface area contributed by atoms with Crippen molar-refractivity contribution in [2.24, 2.45) is 5.73 Å². The molecule has 0 spiro atoms. The molecule has 1 aliphatic rings. The molecule has 0 aromatic heterocycles. The van der Waals surface area contributed by atoms with Crippen molar-refractivity contribution in [1.82, 2.24) is 4.90 Å². The fraction of sp³-hybridized carbons (Fsp3) is 0.350.